The Bertz CT molecular complexity index is 625. The molecule has 3 rings (SSSR count). The van der Waals surface area contributed by atoms with E-state index >= 15 is 0 Å². The first-order chi connectivity index (χ1) is 10.7. The minimum atomic E-state index is -0.200. The summed E-state index contributed by atoms with van der Waals surface area (Å²) < 4.78 is 0. The number of rotatable bonds is 5. The van der Waals surface area contributed by atoms with Crippen molar-refractivity contribution in [2.45, 2.75) is 19.0 Å². The number of nitrogens with zero attached hydrogens (tertiary/aromatic N) is 3. The van der Waals surface area contributed by atoms with Gasteiger partial charge in [0.15, 0.2) is 0 Å². The summed E-state index contributed by atoms with van der Waals surface area (Å²) in [7, 11) is 2.11. The molecule has 0 radical (unpaired) electrons. The third-order valence-corrected chi connectivity index (χ3v) is 5.66. The Balaban J connectivity index is 1.59. The molecule has 0 spiro atoms. The summed E-state index contributed by atoms with van der Waals surface area (Å²) in [5, 5.41) is 12.3. The van der Waals surface area contributed by atoms with Crippen LogP contribution in [0.2, 0.25) is 0 Å². The summed E-state index contributed by atoms with van der Waals surface area (Å²) >= 11 is 3.36. The van der Waals surface area contributed by atoms with Gasteiger partial charge in [0.05, 0.1) is 6.54 Å². The maximum Gasteiger partial charge on any atom is 0.286 e. The van der Waals surface area contributed by atoms with E-state index in [-0.39, 0.29) is 5.91 Å². The predicted molar refractivity (Wildman–Crippen MR) is 91.5 cm³/mol. The van der Waals surface area contributed by atoms with Gasteiger partial charge in [0.2, 0.25) is 5.01 Å². The largest absolute Gasteiger partial charge is 0.320 e. The number of anilines is 1. The highest BCUT2D eigenvalue weighted by molar-refractivity contribution is 7.99. The van der Waals surface area contributed by atoms with E-state index in [1.807, 2.05) is 42.1 Å². The van der Waals surface area contributed by atoms with Crippen molar-refractivity contribution in [2.24, 2.45) is 0 Å². The second-order valence-corrected chi connectivity index (χ2v) is 7.47. The van der Waals surface area contributed by atoms with Crippen molar-refractivity contribution >= 4 is 34.7 Å². The zero-order chi connectivity index (χ0) is 15.4. The lowest BCUT2D eigenvalue weighted by molar-refractivity contribution is 0.102. The van der Waals surface area contributed by atoms with Crippen LogP contribution in [-0.4, -0.2) is 45.6 Å². The minimum absolute atomic E-state index is 0.200. The number of carbonyl (C=O) groups is 1. The van der Waals surface area contributed by atoms with Crippen LogP contribution in [0.15, 0.2) is 30.3 Å². The molecule has 1 amide bonds. The summed E-state index contributed by atoms with van der Waals surface area (Å²) in [6.45, 7) is 0.751. The zero-order valence-corrected chi connectivity index (χ0v) is 14.0. The van der Waals surface area contributed by atoms with Crippen LogP contribution in [0.5, 0.6) is 0 Å². The van der Waals surface area contributed by atoms with Gasteiger partial charge in [-0.3, -0.25) is 9.69 Å². The fraction of sp³-hybridized carbons (Fsp3) is 0.400. The van der Waals surface area contributed by atoms with E-state index < -0.39 is 0 Å². The first kappa shape index (κ1) is 15.5. The van der Waals surface area contributed by atoms with E-state index in [2.05, 4.69) is 27.5 Å². The van der Waals surface area contributed by atoms with E-state index in [9.17, 15) is 4.79 Å². The van der Waals surface area contributed by atoms with E-state index in [4.69, 9.17) is 0 Å². The summed E-state index contributed by atoms with van der Waals surface area (Å²) in [6, 6.07) is 9.99. The maximum atomic E-state index is 12.1. The number of hydrogen-bond acceptors (Lipinski definition) is 6. The Hall–Kier alpha value is -1.44. The zero-order valence-electron chi connectivity index (χ0n) is 12.4. The fourth-order valence-electron chi connectivity index (χ4n) is 2.33. The normalized spacial score (nSPS) is 17.8. The van der Waals surface area contributed by atoms with Gasteiger partial charge < -0.3 is 5.32 Å². The van der Waals surface area contributed by atoms with Crippen molar-refractivity contribution in [1.82, 2.24) is 15.1 Å². The first-order valence-corrected chi connectivity index (χ1v) is 9.16. The highest BCUT2D eigenvalue weighted by Crippen LogP contribution is 2.23. The SMILES string of the molecule is CN(Cc1nnc(C(=O)Nc2ccccc2)s1)C1CCSC1. The molecule has 5 nitrogen and oxygen atoms in total. The number of para-hydroxylation sites is 1. The Labute approximate surface area is 138 Å². The van der Waals surface area contributed by atoms with Crippen LogP contribution in [0, 0.1) is 0 Å². The predicted octanol–water partition coefficient (Wildman–Crippen LogP) is 2.73. The van der Waals surface area contributed by atoms with Crippen LogP contribution in [-0.2, 0) is 6.54 Å². The number of nitrogens with one attached hydrogen (secondary N) is 1. The number of benzene rings is 1. The molecule has 1 aromatic heterocycles. The van der Waals surface area contributed by atoms with E-state index in [0.717, 1.165) is 17.2 Å². The van der Waals surface area contributed by atoms with Crippen LogP contribution >= 0.6 is 23.1 Å². The molecule has 1 aliphatic rings. The Kier molecular flexibility index (Phi) is 5.07. The number of carbonyl (C=O) groups excluding carboxylic acids is 1. The smallest absolute Gasteiger partial charge is 0.286 e. The van der Waals surface area contributed by atoms with Crippen molar-refractivity contribution in [1.29, 1.82) is 0 Å². The average molecular weight is 334 g/mol. The van der Waals surface area contributed by atoms with Gasteiger partial charge in [-0.05, 0) is 31.4 Å². The van der Waals surface area contributed by atoms with Crippen LogP contribution in [0.3, 0.4) is 0 Å². The number of hydrogen-bond donors (Lipinski definition) is 1. The van der Waals surface area contributed by atoms with Crippen LogP contribution in [0.4, 0.5) is 5.69 Å². The van der Waals surface area contributed by atoms with E-state index in [1.165, 1.54) is 29.3 Å². The topological polar surface area (TPSA) is 58.1 Å². The molecular formula is C15H18N4OS2. The third kappa shape index (κ3) is 3.85. The second kappa shape index (κ2) is 7.21. The van der Waals surface area contributed by atoms with Gasteiger partial charge in [0.25, 0.3) is 5.91 Å². The number of aromatic nitrogens is 2. The first-order valence-electron chi connectivity index (χ1n) is 7.19. The lowest BCUT2D eigenvalue weighted by atomic mass is 10.2. The van der Waals surface area contributed by atoms with Crippen molar-refractivity contribution in [3.8, 4) is 0 Å². The molecule has 0 bridgehead atoms. The highest BCUT2D eigenvalue weighted by Gasteiger charge is 2.21. The molecule has 2 heterocycles. The summed E-state index contributed by atoms with van der Waals surface area (Å²) in [5.74, 6) is 2.21. The molecule has 1 aliphatic heterocycles. The van der Waals surface area contributed by atoms with Gasteiger partial charge >= 0.3 is 0 Å². The monoisotopic (exact) mass is 334 g/mol. The van der Waals surface area contributed by atoms with Gasteiger partial charge in [-0.15, -0.1) is 10.2 Å². The third-order valence-electron chi connectivity index (χ3n) is 3.61. The molecule has 0 aliphatic carbocycles. The lowest BCUT2D eigenvalue weighted by Gasteiger charge is -2.21. The molecule has 1 unspecified atom stereocenters. The van der Waals surface area contributed by atoms with Crippen molar-refractivity contribution in [3.63, 3.8) is 0 Å². The average Bonchev–Trinajstić information content (AvgIpc) is 3.19. The van der Waals surface area contributed by atoms with Gasteiger partial charge in [-0.2, -0.15) is 11.8 Å². The standard InChI is InChI=1S/C15H18N4OS2/c1-19(12-7-8-21-10-12)9-13-17-18-15(22-13)14(20)16-11-5-3-2-4-6-11/h2-6,12H,7-10H2,1H3,(H,16,20). The molecule has 1 aromatic carbocycles. The summed E-state index contributed by atoms with van der Waals surface area (Å²) in [5.41, 5.74) is 0.768. The number of thioether (sulfide) groups is 1. The lowest BCUT2D eigenvalue weighted by Crippen LogP contribution is -2.30. The van der Waals surface area contributed by atoms with Crippen molar-refractivity contribution in [3.05, 3.63) is 40.3 Å². The molecular weight excluding hydrogens is 316 g/mol. The van der Waals surface area contributed by atoms with Crippen molar-refractivity contribution in [2.75, 3.05) is 23.9 Å². The van der Waals surface area contributed by atoms with Gasteiger partial charge in [-0.1, -0.05) is 29.5 Å². The molecule has 22 heavy (non-hydrogen) atoms. The molecule has 1 fully saturated rings. The Morgan fingerprint density at radius 2 is 2.18 bits per heavy atom. The van der Waals surface area contributed by atoms with Crippen LogP contribution in [0.25, 0.3) is 0 Å². The van der Waals surface area contributed by atoms with Gasteiger partial charge in [-0.25, -0.2) is 0 Å². The van der Waals surface area contributed by atoms with Crippen molar-refractivity contribution < 1.29 is 4.79 Å². The molecule has 2 aromatic rings. The Morgan fingerprint density at radius 3 is 2.91 bits per heavy atom. The highest BCUT2D eigenvalue weighted by atomic mass is 32.2. The summed E-state index contributed by atoms with van der Waals surface area (Å²) in [4.78, 5) is 14.5. The van der Waals surface area contributed by atoms with Crippen LogP contribution in [0.1, 0.15) is 21.2 Å². The molecule has 116 valence electrons. The molecule has 0 saturated carbocycles. The molecule has 1 N–H and O–H groups in total. The molecule has 7 heteroatoms. The van der Waals surface area contributed by atoms with Crippen LogP contribution < -0.4 is 5.32 Å². The number of amides is 1. The second-order valence-electron chi connectivity index (χ2n) is 5.25. The van der Waals surface area contributed by atoms with Gasteiger partial charge in [0.1, 0.15) is 5.01 Å². The van der Waals surface area contributed by atoms with E-state index in [0.29, 0.717) is 11.0 Å². The fourth-order valence-corrected chi connectivity index (χ4v) is 4.42. The Morgan fingerprint density at radius 1 is 1.36 bits per heavy atom. The molecule has 1 saturated heterocycles. The minimum Gasteiger partial charge on any atom is -0.320 e. The maximum absolute atomic E-state index is 12.1. The van der Waals surface area contributed by atoms with E-state index in [1.54, 1.807) is 0 Å². The van der Waals surface area contributed by atoms with Gasteiger partial charge in [0, 0.05) is 17.5 Å². The summed E-state index contributed by atoms with van der Waals surface area (Å²) in [6.07, 6.45) is 1.22. The quantitative estimate of drug-likeness (QED) is 0.911. The molecule has 1 atom stereocenters.